The molecule has 0 aromatic carbocycles. The Hall–Kier alpha value is -0.130. The molecule has 1 rings (SSSR count). The lowest BCUT2D eigenvalue weighted by Gasteiger charge is -2.24. The summed E-state index contributed by atoms with van der Waals surface area (Å²) >= 11 is 0. The van der Waals surface area contributed by atoms with E-state index < -0.39 is 10.0 Å². The lowest BCUT2D eigenvalue weighted by atomic mass is 10.2. The molecule has 0 amide bonds. The van der Waals surface area contributed by atoms with Crippen LogP contribution in [0, 0.1) is 0 Å². The predicted octanol–water partition coefficient (Wildman–Crippen LogP) is 0.181. The predicted molar refractivity (Wildman–Crippen MR) is 50.9 cm³/mol. The summed E-state index contributed by atoms with van der Waals surface area (Å²) in [5.74, 6) is 0. The fourth-order valence-electron chi connectivity index (χ4n) is 1.60. The number of hydrogen-bond acceptors (Lipinski definition) is 3. The van der Waals surface area contributed by atoms with Gasteiger partial charge in [-0.05, 0) is 26.7 Å². The molecule has 0 saturated carbocycles. The summed E-state index contributed by atoms with van der Waals surface area (Å²) in [6.07, 6.45) is 1.64. The summed E-state index contributed by atoms with van der Waals surface area (Å²) in [5, 5.41) is 8.59. The number of aliphatic hydroxyl groups is 1. The first-order valence-electron chi connectivity index (χ1n) is 4.61. The highest BCUT2D eigenvalue weighted by atomic mass is 32.2. The van der Waals surface area contributed by atoms with Gasteiger partial charge in [-0.1, -0.05) is 0 Å². The molecule has 1 fully saturated rings. The van der Waals surface area contributed by atoms with Gasteiger partial charge in [0.15, 0.2) is 0 Å². The van der Waals surface area contributed by atoms with Crippen LogP contribution in [-0.2, 0) is 10.0 Å². The Bertz CT molecular complexity index is 261. The van der Waals surface area contributed by atoms with Crippen LogP contribution in [0.4, 0.5) is 0 Å². The molecule has 0 radical (unpaired) electrons. The topological polar surface area (TPSA) is 57.6 Å². The average Bonchev–Trinajstić information content (AvgIpc) is 2.51. The van der Waals surface area contributed by atoms with Crippen LogP contribution in [0.1, 0.15) is 26.7 Å². The van der Waals surface area contributed by atoms with E-state index in [1.165, 1.54) is 4.31 Å². The van der Waals surface area contributed by atoms with Crippen LogP contribution in [0.2, 0.25) is 0 Å². The molecular formula is C8H17NO3S. The normalized spacial score (nSPS) is 25.7. The maximum atomic E-state index is 11.7. The number of sulfonamides is 1. The van der Waals surface area contributed by atoms with Gasteiger partial charge in [-0.2, -0.15) is 4.31 Å². The van der Waals surface area contributed by atoms with Gasteiger partial charge in [0.1, 0.15) is 0 Å². The van der Waals surface area contributed by atoms with Crippen molar-refractivity contribution >= 4 is 10.0 Å². The largest absolute Gasteiger partial charge is 0.395 e. The molecule has 0 aromatic rings. The zero-order chi connectivity index (χ0) is 10.1. The summed E-state index contributed by atoms with van der Waals surface area (Å²) in [5.41, 5.74) is 0. The van der Waals surface area contributed by atoms with Gasteiger partial charge in [-0.15, -0.1) is 0 Å². The van der Waals surface area contributed by atoms with Gasteiger partial charge in [0.2, 0.25) is 10.0 Å². The van der Waals surface area contributed by atoms with E-state index in [-0.39, 0.29) is 17.9 Å². The van der Waals surface area contributed by atoms with Crippen molar-refractivity contribution in [2.24, 2.45) is 0 Å². The van der Waals surface area contributed by atoms with Crippen molar-refractivity contribution in [3.05, 3.63) is 0 Å². The molecule has 5 heteroatoms. The Morgan fingerprint density at radius 3 is 2.62 bits per heavy atom. The van der Waals surface area contributed by atoms with Crippen molar-refractivity contribution in [1.29, 1.82) is 0 Å². The highest BCUT2D eigenvalue weighted by Crippen LogP contribution is 2.22. The minimum atomic E-state index is -3.16. The van der Waals surface area contributed by atoms with Gasteiger partial charge in [0.25, 0.3) is 0 Å². The Kier molecular flexibility index (Phi) is 3.32. The molecule has 1 atom stereocenters. The molecule has 1 aliphatic rings. The van der Waals surface area contributed by atoms with Crippen molar-refractivity contribution in [1.82, 2.24) is 4.31 Å². The van der Waals surface area contributed by atoms with E-state index in [0.29, 0.717) is 6.54 Å². The lowest BCUT2D eigenvalue weighted by Crippen LogP contribution is -2.41. The van der Waals surface area contributed by atoms with E-state index in [0.717, 1.165) is 12.8 Å². The van der Waals surface area contributed by atoms with E-state index in [4.69, 9.17) is 5.11 Å². The molecule has 78 valence electrons. The van der Waals surface area contributed by atoms with Gasteiger partial charge >= 0.3 is 0 Å². The smallest absolute Gasteiger partial charge is 0.216 e. The third-order valence-electron chi connectivity index (χ3n) is 2.46. The molecule has 4 nitrogen and oxygen atoms in total. The molecule has 1 aliphatic heterocycles. The molecule has 0 bridgehead atoms. The van der Waals surface area contributed by atoms with Crippen LogP contribution in [0.25, 0.3) is 0 Å². The first-order chi connectivity index (χ1) is 6.00. The summed E-state index contributed by atoms with van der Waals surface area (Å²) in [4.78, 5) is 0. The Labute approximate surface area is 79.6 Å². The van der Waals surface area contributed by atoms with E-state index in [9.17, 15) is 8.42 Å². The molecule has 0 spiro atoms. The third-order valence-corrected chi connectivity index (χ3v) is 4.78. The fraction of sp³-hybridized carbons (Fsp3) is 1.00. The van der Waals surface area contributed by atoms with Crippen molar-refractivity contribution < 1.29 is 13.5 Å². The average molecular weight is 207 g/mol. The second kappa shape index (κ2) is 3.94. The van der Waals surface area contributed by atoms with E-state index in [1.807, 2.05) is 0 Å². The molecule has 13 heavy (non-hydrogen) atoms. The van der Waals surface area contributed by atoms with Crippen molar-refractivity contribution in [3.63, 3.8) is 0 Å². The van der Waals surface area contributed by atoms with E-state index in [1.54, 1.807) is 13.8 Å². The number of hydrogen-bond donors (Lipinski definition) is 1. The second-order valence-corrected chi connectivity index (χ2v) is 6.12. The van der Waals surface area contributed by atoms with Crippen LogP contribution in [0.15, 0.2) is 0 Å². The van der Waals surface area contributed by atoms with Crippen LogP contribution in [0.5, 0.6) is 0 Å². The SMILES string of the molecule is CC(C)S(=O)(=O)N1CCC[C@H]1CO. The number of nitrogens with zero attached hydrogens (tertiary/aromatic N) is 1. The van der Waals surface area contributed by atoms with Gasteiger partial charge in [0, 0.05) is 12.6 Å². The van der Waals surface area contributed by atoms with Gasteiger partial charge in [-0.3, -0.25) is 0 Å². The third kappa shape index (κ3) is 2.03. The monoisotopic (exact) mass is 207 g/mol. The highest BCUT2D eigenvalue weighted by Gasteiger charge is 2.35. The summed E-state index contributed by atoms with van der Waals surface area (Å²) < 4.78 is 24.9. The number of rotatable bonds is 3. The minimum absolute atomic E-state index is 0.0635. The first-order valence-corrected chi connectivity index (χ1v) is 6.12. The Morgan fingerprint density at radius 2 is 2.15 bits per heavy atom. The fourth-order valence-corrected chi connectivity index (χ4v) is 3.11. The summed E-state index contributed by atoms with van der Waals surface area (Å²) in [6.45, 7) is 3.84. The van der Waals surface area contributed by atoms with Crippen molar-refractivity contribution in [3.8, 4) is 0 Å². The molecule has 1 heterocycles. The van der Waals surface area contributed by atoms with Gasteiger partial charge in [-0.25, -0.2) is 8.42 Å². The maximum absolute atomic E-state index is 11.7. The zero-order valence-electron chi connectivity index (χ0n) is 8.10. The van der Waals surface area contributed by atoms with Crippen molar-refractivity contribution in [2.75, 3.05) is 13.2 Å². The maximum Gasteiger partial charge on any atom is 0.216 e. The molecule has 0 unspecified atom stereocenters. The van der Waals surface area contributed by atoms with E-state index >= 15 is 0 Å². The van der Waals surface area contributed by atoms with Crippen LogP contribution < -0.4 is 0 Å². The highest BCUT2D eigenvalue weighted by molar-refractivity contribution is 7.89. The molecule has 0 aromatic heterocycles. The van der Waals surface area contributed by atoms with Crippen LogP contribution in [-0.4, -0.2) is 42.3 Å². The molecular weight excluding hydrogens is 190 g/mol. The van der Waals surface area contributed by atoms with Crippen LogP contribution in [0.3, 0.4) is 0 Å². The number of aliphatic hydroxyl groups excluding tert-OH is 1. The standard InChI is InChI=1S/C8H17NO3S/c1-7(2)13(11,12)9-5-3-4-8(9)6-10/h7-8,10H,3-6H2,1-2H3/t8-/m0/s1. The Balaban J connectivity index is 2.82. The minimum Gasteiger partial charge on any atom is -0.395 e. The van der Waals surface area contributed by atoms with Crippen LogP contribution >= 0.6 is 0 Å². The zero-order valence-corrected chi connectivity index (χ0v) is 8.92. The molecule has 0 aliphatic carbocycles. The first kappa shape index (κ1) is 10.9. The lowest BCUT2D eigenvalue weighted by molar-refractivity contribution is 0.213. The molecule has 1 N–H and O–H groups in total. The van der Waals surface area contributed by atoms with Gasteiger partial charge < -0.3 is 5.11 Å². The molecule has 1 saturated heterocycles. The Morgan fingerprint density at radius 1 is 1.54 bits per heavy atom. The summed E-state index contributed by atoms with van der Waals surface area (Å²) in [7, 11) is -3.16. The quantitative estimate of drug-likeness (QED) is 0.718. The second-order valence-electron chi connectivity index (χ2n) is 3.68. The summed E-state index contributed by atoms with van der Waals surface area (Å²) in [6, 6.07) is -0.188. The van der Waals surface area contributed by atoms with E-state index in [2.05, 4.69) is 0 Å². The van der Waals surface area contributed by atoms with Crippen molar-refractivity contribution in [2.45, 2.75) is 38.0 Å². The van der Waals surface area contributed by atoms with Gasteiger partial charge in [0.05, 0.1) is 11.9 Å².